The van der Waals surface area contributed by atoms with Crippen LogP contribution in [-0.4, -0.2) is 11.0 Å². The summed E-state index contributed by atoms with van der Waals surface area (Å²) in [5.41, 5.74) is 2.06. The molecule has 1 atom stereocenters. The number of rotatable bonds is 2. The van der Waals surface area contributed by atoms with Crippen molar-refractivity contribution in [3.8, 4) is 6.07 Å². The number of fused-ring (bicyclic) bond motifs is 1. The van der Waals surface area contributed by atoms with Crippen LogP contribution in [0.15, 0.2) is 30.5 Å². The summed E-state index contributed by atoms with van der Waals surface area (Å²) in [6, 6.07) is 9.98. The minimum absolute atomic E-state index is 0.172. The monoisotopic (exact) mass is 185 g/mol. The summed E-state index contributed by atoms with van der Waals surface area (Å²) in [5, 5.41) is 12.9. The van der Waals surface area contributed by atoms with Crippen molar-refractivity contribution < 1.29 is 0 Å². The third-order valence-corrected chi connectivity index (χ3v) is 2.15. The highest BCUT2D eigenvalue weighted by Gasteiger charge is 2.04. The molecule has 0 aliphatic carbocycles. The van der Waals surface area contributed by atoms with Crippen molar-refractivity contribution in [3.63, 3.8) is 0 Å². The van der Waals surface area contributed by atoms with Gasteiger partial charge in [-0.15, -0.1) is 0 Å². The van der Waals surface area contributed by atoms with Crippen LogP contribution in [0.4, 0.5) is 5.69 Å². The van der Waals surface area contributed by atoms with Crippen LogP contribution in [0.2, 0.25) is 0 Å². The summed E-state index contributed by atoms with van der Waals surface area (Å²) in [7, 11) is 0. The molecule has 3 nitrogen and oxygen atoms in total. The van der Waals surface area contributed by atoms with Crippen molar-refractivity contribution in [1.29, 1.82) is 5.26 Å². The van der Waals surface area contributed by atoms with Crippen LogP contribution in [0.3, 0.4) is 0 Å². The number of para-hydroxylation sites is 1. The fraction of sp³-hybridized carbons (Fsp3) is 0.182. The summed E-state index contributed by atoms with van der Waals surface area (Å²) in [4.78, 5) is 3.15. The Hall–Kier alpha value is -1.95. The number of nitrogens with zero attached hydrogens (tertiary/aromatic N) is 1. The molecular weight excluding hydrogens is 174 g/mol. The van der Waals surface area contributed by atoms with Crippen LogP contribution in [0.1, 0.15) is 6.92 Å². The molecule has 2 aromatic rings. The third kappa shape index (κ3) is 1.42. The van der Waals surface area contributed by atoms with Crippen molar-refractivity contribution in [2.24, 2.45) is 0 Å². The van der Waals surface area contributed by atoms with Gasteiger partial charge < -0.3 is 10.3 Å². The third-order valence-electron chi connectivity index (χ3n) is 2.15. The second-order valence-corrected chi connectivity index (χ2v) is 3.24. The highest BCUT2D eigenvalue weighted by molar-refractivity contribution is 5.92. The Bertz CT molecular complexity index is 478. The van der Waals surface area contributed by atoms with Gasteiger partial charge in [0.25, 0.3) is 0 Å². The molecule has 0 aliphatic rings. The van der Waals surface area contributed by atoms with E-state index in [-0.39, 0.29) is 6.04 Å². The summed E-state index contributed by atoms with van der Waals surface area (Å²) >= 11 is 0. The van der Waals surface area contributed by atoms with Gasteiger partial charge in [-0.2, -0.15) is 5.26 Å². The first kappa shape index (κ1) is 8.64. The zero-order valence-electron chi connectivity index (χ0n) is 7.91. The molecule has 3 heteroatoms. The molecule has 0 fully saturated rings. The van der Waals surface area contributed by atoms with Crippen LogP contribution >= 0.6 is 0 Å². The Morgan fingerprint density at radius 2 is 2.21 bits per heavy atom. The predicted octanol–water partition coefficient (Wildman–Crippen LogP) is 2.49. The molecule has 0 radical (unpaired) electrons. The normalized spacial score (nSPS) is 12.3. The van der Waals surface area contributed by atoms with Gasteiger partial charge in [-0.1, -0.05) is 18.2 Å². The molecule has 1 heterocycles. The van der Waals surface area contributed by atoms with Gasteiger partial charge in [0.1, 0.15) is 6.04 Å². The maximum absolute atomic E-state index is 8.68. The molecule has 0 bridgehead atoms. The van der Waals surface area contributed by atoms with Crippen molar-refractivity contribution in [1.82, 2.24) is 4.98 Å². The van der Waals surface area contributed by atoms with Gasteiger partial charge >= 0.3 is 0 Å². The first-order valence-corrected chi connectivity index (χ1v) is 4.53. The lowest BCUT2D eigenvalue weighted by molar-refractivity contribution is 1.01. The Balaban J connectivity index is 2.39. The minimum atomic E-state index is -0.172. The largest absolute Gasteiger partial charge is 0.368 e. The molecule has 2 N–H and O–H groups in total. The number of nitriles is 1. The Labute approximate surface area is 82.4 Å². The number of benzene rings is 1. The zero-order chi connectivity index (χ0) is 9.97. The average Bonchev–Trinajstić information content (AvgIpc) is 2.62. The van der Waals surface area contributed by atoms with E-state index < -0.39 is 0 Å². The molecule has 14 heavy (non-hydrogen) atoms. The fourth-order valence-corrected chi connectivity index (χ4v) is 1.46. The van der Waals surface area contributed by atoms with E-state index in [9.17, 15) is 0 Å². The molecular formula is C11H11N3. The van der Waals surface area contributed by atoms with E-state index in [1.54, 1.807) is 0 Å². The van der Waals surface area contributed by atoms with Gasteiger partial charge in [-0.05, 0) is 13.0 Å². The highest BCUT2D eigenvalue weighted by atomic mass is 14.9. The number of aromatic amines is 1. The van der Waals surface area contributed by atoms with Crippen molar-refractivity contribution in [2.75, 3.05) is 5.32 Å². The van der Waals surface area contributed by atoms with Gasteiger partial charge in [-0.25, -0.2) is 0 Å². The maximum Gasteiger partial charge on any atom is 0.111 e. The number of H-pyrrole nitrogens is 1. The molecule has 70 valence electrons. The van der Waals surface area contributed by atoms with Gasteiger partial charge in [0.05, 0.1) is 11.8 Å². The molecule has 0 amide bonds. The highest BCUT2D eigenvalue weighted by Crippen LogP contribution is 2.22. The SMILES string of the molecule is CC(C#N)Nc1c[nH]c2ccccc12. The molecule has 0 aliphatic heterocycles. The lowest BCUT2D eigenvalue weighted by Gasteiger charge is -2.05. The molecule has 2 rings (SSSR count). The first-order valence-electron chi connectivity index (χ1n) is 4.53. The second kappa shape index (κ2) is 3.43. The minimum Gasteiger partial charge on any atom is -0.368 e. The maximum atomic E-state index is 8.68. The van der Waals surface area contributed by atoms with E-state index in [0.29, 0.717) is 0 Å². The van der Waals surface area contributed by atoms with Crippen LogP contribution in [0.5, 0.6) is 0 Å². The Kier molecular flexibility index (Phi) is 2.11. The lowest BCUT2D eigenvalue weighted by Crippen LogP contribution is -2.11. The smallest absolute Gasteiger partial charge is 0.111 e. The summed E-state index contributed by atoms with van der Waals surface area (Å²) in [5.74, 6) is 0. The standard InChI is InChI=1S/C11H11N3/c1-8(6-12)14-11-7-13-10-5-3-2-4-9(10)11/h2-5,7-8,13-14H,1H3. The van der Waals surface area contributed by atoms with Crippen LogP contribution in [0.25, 0.3) is 10.9 Å². The number of anilines is 1. The fourth-order valence-electron chi connectivity index (χ4n) is 1.46. The van der Waals surface area contributed by atoms with E-state index in [4.69, 9.17) is 5.26 Å². The number of nitrogens with one attached hydrogen (secondary N) is 2. The number of aromatic nitrogens is 1. The van der Waals surface area contributed by atoms with Gasteiger partial charge in [0, 0.05) is 17.1 Å². The second-order valence-electron chi connectivity index (χ2n) is 3.24. The van der Waals surface area contributed by atoms with E-state index >= 15 is 0 Å². The van der Waals surface area contributed by atoms with Gasteiger partial charge in [-0.3, -0.25) is 0 Å². The molecule has 0 saturated heterocycles. The molecule has 0 spiro atoms. The van der Waals surface area contributed by atoms with Crippen molar-refractivity contribution in [2.45, 2.75) is 13.0 Å². The summed E-state index contributed by atoms with van der Waals surface area (Å²) in [6.07, 6.45) is 1.89. The van der Waals surface area contributed by atoms with E-state index in [1.165, 1.54) is 0 Å². The summed E-state index contributed by atoms with van der Waals surface area (Å²) in [6.45, 7) is 1.84. The van der Waals surface area contributed by atoms with Crippen molar-refractivity contribution >= 4 is 16.6 Å². The molecule has 1 aromatic heterocycles. The van der Waals surface area contributed by atoms with E-state index in [1.807, 2.05) is 37.4 Å². The number of hydrogen-bond acceptors (Lipinski definition) is 2. The molecule has 1 unspecified atom stereocenters. The van der Waals surface area contributed by atoms with Crippen LogP contribution in [0, 0.1) is 11.3 Å². The van der Waals surface area contributed by atoms with E-state index in [2.05, 4.69) is 16.4 Å². The Morgan fingerprint density at radius 1 is 1.43 bits per heavy atom. The quantitative estimate of drug-likeness (QED) is 0.755. The van der Waals surface area contributed by atoms with Gasteiger partial charge in [0.2, 0.25) is 0 Å². The van der Waals surface area contributed by atoms with Crippen molar-refractivity contribution in [3.05, 3.63) is 30.5 Å². The van der Waals surface area contributed by atoms with Crippen LogP contribution < -0.4 is 5.32 Å². The summed E-state index contributed by atoms with van der Waals surface area (Å²) < 4.78 is 0. The molecule has 1 aromatic carbocycles. The predicted molar refractivity (Wildman–Crippen MR) is 57.0 cm³/mol. The topological polar surface area (TPSA) is 51.6 Å². The van der Waals surface area contributed by atoms with Gasteiger partial charge in [0.15, 0.2) is 0 Å². The Morgan fingerprint density at radius 3 is 3.00 bits per heavy atom. The van der Waals surface area contributed by atoms with Crippen LogP contribution in [-0.2, 0) is 0 Å². The molecule has 0 saturated carbocycles. The number of hydrogen-bond donors (Lipinski definition) is 2. The van der Waals surface area contributed by atoms with E-state index in [0.717, 1.165) is 16.6 Å². The first-order chi connectivity index (χ1) is 6.81. The lowest BCUT2D eigenvalue weighted by atomic mass is 10.2. The zero-order valence-corrected chi connectivity index (χ0v) is 7.91. The average molecular weight is 185 g/mol.